The normalized spacial score (nSPS) is 15.0. The number of hydrogen-bond acceptors (Lipinski definition) is 8. The summed E-state index contributed by atoms with van der Waals surface area (Å²) in [6.07, 6.45) is -1.03. The highest BCUT2D eigenvalue weighted by Gasteiger charge is 2.32. The van der Waals surface area contributed by atoms with E-state index in [9.17, 15) is 34.2 Å². The number of hydrogen-bond donors (Lipinski definition) is 8. The van der Waals surface area contributed by atoms with Crippen molar-refractivity contribution < 1.29 is 39.3 Å². The van der Waals surface area contributed by atoms with Crippen LogP contribution in [0.3, 0.4) is 0 Å². The monoisotopic (exact) mass is 509 g/mol. The summed E-state index contributed by atoms with van der Waals surface area (Å²) in [5.74, 6) is -5.24. The zero-order chi connectivity index (χ0) is 27.3. The second kappa shape index (κ2) is 15.4. The molecule has 13 heteroatoms. The van der Waals surface area contributed by atoms with E-state index >= 15 is 0 Å². The molecule has 1 aromatic carbocycles. The van der Waals surface area contributed by atoms with Gasteiger partial charge in [0.15, 0.2) is 0 Å². The van der Waals surface area contributed by atoms with Gasteiger partial charge in [-0.1, -0.05) is 30.3 Å². The van der Waals surface area contributed by atoms with Crippen LogP contribution in [0.25, 0.3) is 0 Å². The first-order valence-corrected chi connectivity index (χ1v) is 11.5. The summed E-state index contributed by atoms with van der Waals surface area (Å²) in [5, 5.41) is 35.5. The Bertz CT molecular complexity index is 896. The molecule has 0 fully saturated rings. The van der Waals surface area contributed by atoms with Gasteiger partial charge >= 0.3 is 11.9 Å². The van der Waals surface area contributed by atoms with Crippen LogP contribution in [0.2, 0.25) is 0 Å². The van der Waals surface area contributed by atoms with Gasteiger partial charge in [-0.05, 0) is 38.3 Å². The number of carboxylic acid groups (broad SMARTS) is 2. The van der Waals surface area contributed by atoms with Crippen LogP contribution in [0, 0.1) is 0 Å². The molecule has 0 bridgehead atoms. The molecule has 0 aliphatic heterocycles. The molecule has 36 heavy (non-hydrogen) atoms. The molecule has 0 heterocycles. The molecule has 13 nitrogen and oxygen atoms in total. The molecule has 0 radical (unpaired) electrons. The van der Waals surface area contributed by atoms with E-state index in [0.29, 0.717) is 24.9 Å². The Labute approximate surface area is 208 Å². The van der Waals surface area contributed by atoms with Gasteiger partial charge in [-0.2, -0.15) is 0 Å². The van der Waals surface area contributed by atoms with E-state index in [4.69, 9.17) is 16.6 Å². The third-order valence-corrected chi connectivity index (χ3v) is 5.27. The topological polar surface area (TPSA) is 234 Å². The number of aliphatic carboxylic acids is 2. The smallest absolute Gasteiger partial charge is 0.326 e. The lowest BCUT2D eigenvalue weighted by molar-refractivity contribution is -0.143. The van der Waals surface area contributed by atoms with Crippen molar-refractivity contribution in [2.24, 2.45) is 11.5 Å². The van der Waals surface area contributed by atoms with Gasteiger partial charge in [0.25, 0.3) is 0 Å². The molecule has 200 valence electrons. The molecule has 10 N–H and O–H groups in total. The van der Waals surface area contributed by atoms with Crippen LogP contribution in [0.15, 0.2) is 30.3 Å². The lowest BCUT2D eigenvalue weighted by Gasteiger charge is -2.26. The third kappa shape index (κ3) is 10.8. The van der Waals surface area contributed by atoms with Crippen LogP contribution in [-0.2, 0) is 30.4 Å². The average molecular weight is 510 g/mol. The summed E-state index contributed by atoms with van der Waals surface area (Å²) >= 11 is 0. The van der Waals surface area contributed by atoms with E-state index in [0.717, 1.165) is 0 Å². The first-order chi connectivity index (χ1) is 17.0. The van der Waals surface area contributed by atoms with Gasteiger partial charge in [0.2, 0.25) is 17.7 Å². The van der Waals surface area contributed by atoms with Gasteiger partial charge < -0.3 is 42.7 Å². The number of carbonyl (C=O) groups excluding carboxylic acids is 3. The number of aliphatic hydroxyl groups excluding tert-OH is 1. The Balaban J connectivity index is 2.95. The number of nitrogens with one attached hydrogen (secondary N) is 3. The lowest BCUT2D eigenvalue weighted by Crippen LogP contribution is -2.60. The van der Waals surface area contributed by atoms with Gasteiger partial charge in [-0.3, -0.25) is 19.2 Å². The van der Waals surface area contributed by atoms with Crippen LogP contribution in [-0.4, -0.2) is 81.8 Å². The van der Waals surface area contributed by atoms with Crippen LogP contribution in [0.1, 0.15) is 38.2 Å². The maximum Gasteiger partial charge on any atom is 0.326 e. The summed E-state index contributed by atoms with van der Waals surface area (Å²) in [4.78, 5) is 60.5. The molecular formula is C23H35N5O8. The SMILES string of the molecule is CC(O)C(NC(=O)C(CCCCN)NC(=O)C(N)CC(=O)O)C(=O)NC(Cc1ccccc1)C(=O)O. The second-order valence-corrected chi connectivity index (χ2v) is 8.37. The third-order valence-electron chi connectivity index (χ3n) is 5.27. The maximum absolute atomic E-state index is 12.9. The van der Waals surface area contributed by atoms with Crippen molar-refractivity contribution in [3.63, 3.8) is 0 Å². The maximum atomic E-state index is 12.9. The molecule has 5 atom stereocenters. The number of aliphatic hydroxyl groups is 1. The van der Waals surface area contributed by atoms with Crippen molar-refractivity contribution in [3.05, 3.63) is 35.9 Å². The molecule has 0 spiro atoms. The molecule has 0 aromatic heterocycles. The van der Waals surface area contributed by atoms with Crippen molar-refractivity contribution in [1.29, 1.82) is 0 Å². The van der Waals surface area contributed by atoms with Gasteiger partial charge in [-0.25, -0.2) is 4.79 Å². The standard InChI is InChI=1S/C23H35N5O8/c1-13(29)19(22(34)27-17(23(35)36)11-14-7-3-2-4-8-14)28-21(33)16(9-5-6-10-24)26-20(32)15(25)12-18(30)31/h2-4,7-8,13,15-17,19,29H,5-6,9-12,24-25H2,1H3,(H,26,32)(H,27,34)(H,28,33)(H,30,31)(H,35,36). The van der Waals surface area contributed by atoms with Crippen LogP contribution in [0.5, 0.6) is 0 Å². The number of benzene rings is 1. The minimum absolute atomic E-state index is 0.0262. The molecule has 1 rings (SSSR count). The largest absolute Gasteiger partial charge is 0.481 e. The Morgan fingerprint density at radius 2 is 1.50 bits per heavy atom. The molecule has 0 saturated carbocycles. The van der Waals surface area contributed by atoms with E-state index in [2.05, 4.69) is 16.0 Å². The van der Waals surface area contributed by atoms with Gasteiger partial charge in [0, 0.05) is 6.42 Å². The molecule has 1 aromatic rings. The summed E-state index contributed by atoms with van der Waals surface area (Å²) < 4.78 is 0. The van der Waals surface area contributed by atoms with E-state index in [-0.39, 0.29) is 12.8 Å². The molecule has 3 amide bonds. The van der Waals surface area contributed by atoms with Crippen molar-refractivity contribution >= 4 is 29.7 Å². The second-order valence-electron chi connectivity index (χ2n) is 8.37. The molecule has 0 aliphatic rings. The first-order valence-electron chi connectivity index (χ1n) is 11.5. The van der Waals surface area contributed by atoms with Crippen LogP contribution >= 0.6 is 0 Å². The number of amides is 3. The average Bonchev–Trinajstić information content (AvgIpc) is 2.81. The molecular weight excluding hydrogens is 474 g/mol. The van der Waals surface area contributed by atoms with Crippen LogP contribution in [0.4, 0.5) is 0 Å². The van der Waals surface area contributed by atoms with Crippen LogP contribution < -0.4 is 27.4 Å². The van der Waals surface area contributed by atoms with Crippen molar-refractivity contribution in [2.75, 3.05) is 6.54 Å². The summed E-state index contributed by atoms with van der Waals surface area (Å²) in [5.41, 5.74) is 11.7. The zero-order valence-electron chi connectivity index (χ0n) is 20.1. The van der Waals surface area contributed by atoms with Crippen molar-refractivity contribution in [2.45, 2.75) is 69.3 Å². The number of carboxylic acids is 2. The fraction of sp³-hybridized carbons (Fsp3) is 0.522. The van der Waals surface area contributed by atoms with Gasteiger partial charge in [-0.15, -0.1) is 0 Å². The fourth-order valence-electron chi connectivity index (χ4n) is 3.29. The van der Waals surface area contributed by atoms with E-state index < -0.39 is 66.4 Å². The first kappa shape index (κ1) is 30.5. The van der Waals surface area contributed by atoms with E-state index in [1.54, 1.807) is 30.3 Å². The Kier molecular flexibility index (Phi) is 13.1. The van der Waals surface area contributed by atoms with E-state index in [1.165, 1.54) is 6.92 Å². The number of carbonyl (C=O) groups is 5. The summed E-state index contributed by atoms with van der Waals surface area (Å²) in [6, 6.07) is 3.12. The minimum Gasteiger partial charge on any atom is -0.481 e. The summed E-state index contributed by atoms with van der Waals surface area (Å²) in [7, 11) is 0. The summed E-state index contributed by atoms with van der Waals surface area (Å²) in [6.45, 7) is 1.57. The number of rotatable bonds is 16. The number of unbranched alkanes of at least 4 members (excludes halogenated alkanes) is 1. The predicted octanol–water partition coefficient (Wildman–Crippen LogP) is -1.92. The Morgan fingerprint density at radius 1 is 0.889 bits per heavy atom. The minimum atomic E-state index is -1.53. The predicted molar refractivity (Wildman–Crippen MR) is 128 cm³/mol. The molecule has 0 aliphatic carbocycles. The Morgan fingerprint density at radius 3 is 2.03 bits per heavy atom. The highest BCUT2D eigenvalue weighted by Crippen LogP contribution is 2.07. The van der Waals surface area contributed by atoms with Crippen molar-refractivity contribution in [1.82, 2.24) is 16.0 Å². The number of nitrogens with two attached hydrogens (primary N) is 2. The highest BCUT2D eigenvalue weighted by atomic mass is 16.4. The lowest BCUT2D eigenvalue weighted by atomic mass is 10.0. The van der Waals surface area contributed by atoms with Gasteiger partial charge in [0.1, 0.15) is 18.1 Å². The van der Waals surface area contributed by atoms with Crippen molar-refractivity contribution in [3.8, 4) is 0 Å². The highest BCUT2D eigenvalue weighted by molar-refractivity contribution is 5.95. The fourth-order valence-corrected chi connectivity index (χ4v) is 3.29. The zero-order valence-corrected chi connectivity index (χ0v) is 20.1. The quantitative estimate of drug-likeness (QED) is 0.115. The van der Waals surface area contributed by atoms with E-state index in [1.807, 2.05) is 0 Å². The molecule has 5 unspecified atom stereocenters. The molecule has 0 saturated heterocycles. The Hall–Kier alpha value is -3.55. The van der Waals surface area contributed by atoms with Gasteiger partial charge in [0.05, 0.1) is 18.6 Å².